The number of benzene rings is 2. The fourth-order valence-corrected chi connectivity index (χ4v) is 2.47. The van der Waals surface area contributed by atoms with Crippen molar-refractivity contribution in [3.63, 3.8) is 0 Å². The molecule has 1 aliphatic heterocycles. The maximum atomic E-state index is 12.4. The normalized spacial score (nSPS) is 14.2. The highest BCUT2D eigenvalue weighted by atomic mass is 16.5. The van der Waals surface area contributed by atoms with Crippen molar-refractivity contribution in [1.82, 2.24) is 0 Å². The number of hydrogen-bond acceptors (Lipinski definition) is 3. The molecule has 0 saturated heterocycles. The van der Waals surface area contributed by atoms with Crippen LogP contribution in [-0.2, 0) is 11.2 Å². The van der Waals surface area contributed by atoms with Crippen LogP contribution >= 0.6 is 0 Å². The molecule has 1 heterocycles. The maximum Gasteiger partial charge on any atom is 0.260 e. The molecule has 4 nitrogen and oxygen atoms in total. The van der Waals surface area contributed by atoms with E-state index in [4.69, 9.17) is 4.74 Å². The number of aliphatic hydroxyl groups is 1. The summed E-state index contributed by atoms with van der Waals surface area (Å²) < 4.78 is 5.46. The fourth-order valence-electron chi connectivity index (χ4n) is 2.47. The first-order valence-electron chi connectivity index (χ1n) is 6.93. The van der Waals surface area contributed by atoms with Crippen molar-refractivity contribution in [2.24, 2.45) is 0 Å². The Morgan fingerprint density at radius 2 is 2.00 bits per heavy atom. The zero-order valence-electron chi connectivity index (χ0n) is 11.8. The van der Waals surface area contributed by atoms with Crippen molar-refractivity contribution in [3.05, 3.63) is 59.7 Å². The van der Waals surface area contributed by atoms with E-state index in [1.54, 1.807) is 31.3 Å². The lowest BCUT2D eigenvalue weighted by Crippen LogP contribution is -2.31. The number of hydrogen-bond donors (Lipinski definition) is 1. The van der Waals surface area contributed by atoms with E-state index >= 15 is 0 Å². The highest BCUT2D eigenvalue weighted by molar-refractivity contribution is 5.96. The predicted octanol–water partition coefficient (Wildman–Crippen LogP) is 2.32. The Morgan fingerprint density at radius 1 is 1.24 bits per heavy atom. The summed E-state index contributed by atoms with van der Waals surface area (Å²) in [4.78, 5) is 13.9. The number of carbonyl (C=O) groups is 1. The Kier molecular flexibility index (Phi) is 3.62. The minimum atomic E-state index is -1.15. The van der Waals surface area contributed by atoms with Crippen LogP contribution in [0.2, 0.25) is 0 Å². The van der Waals surface area contributed by atoms with Crippen LogP contribution in [0.25, 0.3) is 0 Å². The van der Waals surface area contributed by atoms with Crippen LogP contribution in [0.15, 0.2) is 48.5 Å². The number of carbonyl (C=O) groups excluding carboxylic acids is 1. The lowest BCUT2D eigenvalue weighted by molar-refractivity contribution is -0.126. The van der Waals surface area contributed by atoms with Gasteiger partial charge < -0.3 is 14.7 Å². The quantitative estimate of drug-likeness (QED) is 0.940. The molecule has 0 radical (unpaired) electrons. The summed E-state index contributed by atoms with van der Waals surface area (Å²) in [5.74, 6) is 0.531. The van der Waals surface area contributed by atoms with Crippen molar-refractivity contribution in [2.45, 2.75) is 12.5 Å². The van der Waals surface area contributed by atoms with Gasteiger partial charge in [0.2, 0.25) is 0 Å². The van der Waals surface area contributed by atoms with Crippen LogP contribution in [0.3, 0.4) is 0 Å². The van der Waals surface area contributed by atoms with Gasteiger partial charge in [0.05, 0.1) is 6.61 Å². The van der Waals surface area contributed by atoms with E-state index in [1.807, 2.05) is 24.3 Å². The summed E-state index contributed by atoms with van der Waals surface area (Å²) in [7, 11) is 1.67. The van der Waals surface area contributed by atoms with Gasteiger partial charge in [-0.25, -0.2) is 0 Å². The number of aliphatic hydroxyl groups excluding tert-OH is 1. The minimum Gasteiger partial charge on any atom is -0.493 e. The average molecular weight is 283 g/mol. The Hall–Kier alpha value is -2.33. The standard InChI is InChI=1S/C17H17NO3/c1-18(14-7-8-15-13(11-14)9-10-21-15)17(20)16(19)12-5-3-2-4-6-12/h2-8,11,16,19H,9-10H2,1H3. The third kappa shape index (κ3) is 2.62. The molecular formula is C17H17NO3. The molecule has 108 valence electrons. The molecule has 1 unspecified atom stereocenters. The molecule has 1 atom stereocenters. The van der Waals surface area contributed by atoms with Crippen LogP contribution in [0.4, 0.5) is 5.69 Å². The monoisotopic (exact) mass is 283 g/mol. The first kappa shape index (κ1) is 13.6. The van der Waals surface area contributed by atoms with Gasteiger partial charge in [0.1, 0.15) is 5.75 Å². The molecule has 2 aromatic carbocycles. The van der Waals surface area contributed by atoms with Gasteiger partial charge in [-0.05, 0) is 29.3 Å². The summed E-state index contributed by atoms with van der Waals surface area (Å²) >= 11 is 0. The van der Waals surface area contributed by atoms with E-state index in [9.17, 15) is 9.90 Å². The lowest BCUT2D eigenvalue weighted by atomic mass is 10.1. The number of rotatable bonds is 3. The Labute approximate surface area is 123 Å². The maximum absolute atomic E-state index is 12.4. The molecule has 4 heteroatoms. The molecule has 2 aromatic rings. The topological polar surface area (TPSA) is 49.8 Å². The molecule has 21 heavy (non-hydrogen) atoms. The van der Waals surface area contributed by atoms with Crippen molar-refractivity contribution in [2.75, 3.05) is 18.6 Å². The Bertz CT molecular complexity index is 654. The predicted molar refractivity (Wildman–Crippen MR) is 80.5 cm³/mol. The van der Waals surface area contributed by atoms with Gasteiger partial charge in [0.25, 0.3) is 5.91 Å². The van der Waals surface area contributed by atoms with Crippen LogP contribution in [0.1, 0.15) is 17.2 Å². The number of fused-ring (bicyclic) bond motifs is 1. The smallest absolute Gasteiger partial charge is 0.260 e. The van der Waals surface area contributed by atoms with Gasteiger partial charge >= 0.3 is 0 Å². The minimum absolute atomic E-state index is 0.347. The molecule has 0 fully saturated rings. The largest absolute Gasteiger partial charge is 0.493 e. The summed E-state index contributed by atoms with van der Waals surface area (Å²) in [5, 5.41) is 10.2. The van der Waals surface area contributed by atoms with E-state index in [2.05, 4.69) is 0 Å². The summed E-state index contributed by atoms with van der Waals surface area (Å²) in [5.41, 5.74) is 2.46. The van der Waals surface area contributed by atoms with Gasteiger partial charge in [-0.2, -0.15) is 0 Å². The van der Waals surface area contributed by atoms with Gasteiger partial charge in [-0.15, -0.1) is 0 Å². The number of likely N-dealkylation sites (N-methyl/N-ethyl adjacent to an activating group) is 1. The summed E-state index contributed by atoms with van der Waals surface area (Å²) in [6, 6.07) is 14.6. The summed E-state index contributed by atoms with van der Waals surface area (Å²) in [6.45, 7) is 0.684. The second-order valence-corrected chi connectivity index (χ2v) is 5.10. The number of amides is 1. The van der Waals surface area contributed by atoms with Gasteiger partial charge in [-0.3, -0.25) is 4.79 Å². The molecule has 1 amide bonds. The average Bonchev–Trinajstić information content (AvgIpc) is 3.01. The SMILES string of the molecule is CN(C(=O)C(O)c1ccccc1)c1ccc2c(c1)CCO2. The van der Waals surface area contributed by atoms with Crippen LogP contribution in [0, 0.1) is 0 Å². The van der Waals surface area contributed by atoms with Gasteiger partial charge in [-0.1, -0.05) is 30.3 Å². The van der Waals surface area contributed by atoms with E-state index in [0.717, 1.165) is 23.4 Å². The van der Waals surface area contributed by atoms with Crippen LogP contribution in [-0.4, -0.2) is 24.7 Å². The third-order valence-corrected chi connectivity index (χ3v) is 3.74. The highest BCUT2D eigenvalue weighted by Crippen LogP contribution is 2.30. The Balaban J connectivity index is 1.81. The molecule has 0 saturated carbocycles. The highest BCUT2D eigenvalue weighted by Gasteiger charge is 2.23. The number of nitrogens with zero attached hydrogens (tertiary/aromatic N) is 1. The van der Waals surface area contributed by atoms with Gasteiger partial charge in [0, 0.05) is 19.2 Å². The fraction of sp³-hybridized carbons (Fsp3) is 0.235. The molecule has 1 aliphatic rings. The van der Waals surface area contributed by atoms with Crippen LogP contribution in [0.5, 0.6) is 5.75 Å². The van der Waals surface area contributed by atoms with Crippen LogP contribution < -0.4 is 9.64 Å². The van der Waals surface area contributed by atoms with E-state index < -0.39 is 6.10 Å². The van der Waals surface area contributed by atoms with Crippen molar-refractivity contribution >= 4 is 11.6 Å². The van der Waals surface area contributed by atoms with Crippen molar-refractivity contribution in [3.8, 4) is 5.75 Å². The van der Waals surface area contributed by atoms with E-state index in [-0.39, 0.29) is 5.91 Å². The number of ether oxygens (including phenoxy) is 1. The molecular weight excluding hydrogens is 266 g/mol. The summed E-state index contributed by atoms with van der Waals surface area (Å²) in [6.07, 6.45) is -0.299. The van der Waals surface area contributed by atoms with E-state index in [1.165, 1.54) is 4.90 Å². The molecule has 0 bridgehead atoms. The zero-order chi connectivity index (χ0) is 14.8. The van der Waals surface area contributed by atoms with Crippen molar-refractivity contribution < 1.29 is 14.6 Å². The molecule has 0 spiro atoms. The number of anilines is 1. The Morgan fingerprint density at radius 3 is 2.76 bits per heavy atom. The first-order valence-corrected chi connectivity index (χ1v) is 6.93. The molecule has 1 N–H and O–H groups in total. The van der Waals surface area contributed by atoms with Crippen molar-refractivity contribution in [1.29, 1.82) is 0 Å². The third-order valence-electron chi connectivity index (χ3n) is 3.74. The van der Waals surface area contributed by atoms with E-state index in [0.29, 0.717) is 12.2 Å². The lowest BCUT2D eigenvalue weighted by Gasteiger charge is -2.21. The first-order chi connectivity index (χ1) is 10.2. The second kappa shape index (κ2) is 5.58. The molecule has 0 aromatic heterocycles. The molecule has 3 rings (SSSR count). The second-order valence-electron chi connectivity index (χ2n) is 5.10. The zero-order valence-corrected chi connectivity index (χ0v) is 11.8. The van der Waals surface area contributed by atoms with Gasteiger partial charge in [0.15, 0.2) is 6.10 Å². The molecule has 0 aliphatic carbocycles.